The fourth-order valence-corrected chi connectivity index (χ4v) is 4.30. The van der Waals surface area contributed by atoms with Crippen molar-refractivity contribution in [2.45, 2.75) is 106 Å². The normalized spacial score (nSPS) is 15.8. The topological polar surface area (TPSA) is 38.8 Å². The fourth-order valence-electron chi connectivity index (χ4n) is 2.78. The summed E-state index contributed by atoms with van der Waals surface area (Å²) in [5.41, 5.74) is 0. The largest absolute Gasteiger partial charge is 0.418 e. The summed E-state index contributed by atoms with van der Waals surface area (Å²) < 4.78 is 12.0. The van der Waals surface area contributed by atoms with Crippen molar-refractivity contribution >= 4 is 14.4 Å². The van der Waals surface area contributed by atoms with E-state index in [9.17, 15) is 4.79 Å². The van der Waals surface area contributed by atoms with E-state index < -0.39 is 8.32 Å². The predicted octanol–water partition coefficient (Wildman–Crippen LogP) is 6.44. The molecule has 0 fully saturated rings. The van der Waals surface area contributed by atoms with Crippen LogP contribution >= 0.6 is 0 Å². The first-order chi connectivity index (χ1) is 11.6. The van der Waals surface area contributed by atoms with Crippen molar-refractivity contribution < 1.29 is 14.0 Å². The van der Waals surface area contributed by atoms with Crippen LogP contribution in [0.25, 0.3) is 0 Å². The van der Waals surface area contributed by atoms with E-state index >= 15 is 0 Å². The number of carbonyl (C=O) groups excluding carboxylic acids is 1. The van der Waals surface area contributed by atoms with Gasteiger partial charge in [-0.2, -0.15) is 0 Å². The molecule has 0 aromatic rings. The van der Waals surface area contributed by atoms with E-state index in [0.29, 0.717) is 5.92 Å². The summed E-state index contributed by atoms with van der Waals surface area (Å²) in [6.07, 6.45) is 3.30. The Bertz CT molecular complexity index is 456. The third-order valence-electron chi connectivity index (χ3n) is 5.29. The van der Waals surface area contributed by atoms with Crippen LogP contribution < -0.4 is 0 Å². The van der Waals surface area contributed by atoms with Gasteiger partial charge in [-0.25, -0.2) is 4.79 Å². The van der Waals surface area contributed by atoms with E-state index in [1.807, 2.05) is 33.8 Å². The molecule has 0 bridgehead atoms. The van der Waals surface area contributed by atoms with Crippen molar-refractivity contribution in [1.29, 1.82) is 0 Å². The van der Waals surface area contributed by atoms with Crippen LogP contribution in [0.3, 0.4) is 0 Å². The molecule has 1 amide bonds. The lowest BCUT2D eigenvalue weighted by molar-refractivity contribution is 0.0955. The highest BCUT2D eigenvalue weighted by Crippen LogP contribution is 2.39. The zero-order valence-corrected chi connectivity index (χ0v) is 20.2. The Morgan fingerprint density at radius 3 is 1.77 bits per heavy atom. The van der Waals surface area contributed by atoms with Gasteiger partial charge in [0.1, 0.15) is 0 Å². The molecule has 4 nitrogen and oxygen atoms in total. The molecule has 0 aliphatic rings. The van der Waals surface area contributed by atoms with Crippen LogP contribution in [0.5, 0.6) is 0 Å². The molecule has 0 aliphatic carbocycles. The lowest BCUT2D eigenvalue weighted by atomic mass is 9.95. The maximum absolute atomic E-state index is 12.3. The van der Waals surface area contributed by atoms with Crippen LogP contribution in [0, 0.1) is 11.8 Å². The van der Waals surface area contributed by atoms with Crippen molar-refractivity contribution in [3.63, 3.8) is 0 Å². The van der Waals surface area contributed by atoms with Crippen molar-refractivity contribution in [3.8, 4) is 0 Å². The first-order valence-electron chi connectivity index (χ1n) is 9.95. The lowest BCUT2D eigenvalue weighted by Gasteiger charge is -2.41. The van der Waals surface area contributed by atoms with E-state index in [4.69, 9.17) is 9.16 Å². The van der Waals surface area contributed by atoms with Crippen molar-refractivity contribution in [1.82, 2.24) is 4.90 Å². The molecule has 0 aromatic heterocycles. The number of hydrogen-bond acceptors (Lipinski definition) is 3. The monoisotopic (exact) mass is 385 g/mol. The second kappa shape index (κ2) is 9.93. The smallest absolute Gasteiger partial charge is 0.415 e. The molecular formula is C21H43NO3Si. The minimum Gasteiger partial charge on any atom is -0.418 e. The van der Waals surface area contributed by atoms with Gasteiger partial charge in [-0.1, -0.05) is 41.5 Å². The maximum atomic E-state index is 12.3. The van der Waals surface area contributed by atoms with Gasteiger partial charge >= 0.3 is 6.09 Å². The lowest BCUT2D eigenvalue weighted by Crippen LogP contribution is -2.46. The van der Waals surface area contributed by atoms with E-state index in [2.05, 4.69) is 54.6 Å². The van der Waals surface area contributed by atoms with Crippen LogP contribution in [0.15, 0.2) is 12.3 Å². The van der Waals surface area contributed by atoms with Crippen molar-refractivity contribution in [2.24, 2.45) is 11.8 Å². The minimum absolute atomic E-state index is 0.108. The summed E-state index contributed by atoms with van der Waals surface area (Å²) in [7, 11) is -1.85. The molecule has 154 valence electrons. The van der Waals surface area contributed by atoms with Gasteiger partial charge in [0.15, 0.2) is 8.32 Å². The highest BCUT2D eigenvalue weighted by Gasteiger charge is 2.40. The third-order valence-corrected chi connectivity index (χ3v) is 9.76. The van der Waals surface area contributed by atoms with Gasteiger partial charge in [-0.3, -0.25) is 0 Å². The summed E-state index contributed by atoms with van der Waals surface area (Å²) in [6.45, 7) is 25.8. The summed E-state index contributed by atoms with van der Waals surface area (Å²) >= 11 is 0. The van der Waals surface area contributed by atoms with Crippen LogP contribution in [0.2, 0.25) is 18.1 Å². The van der Waals surface area contributed by atoms with E-state index in [-0.39, 0.29) is 35.2 Å². The molecular weight excluding hydrogens is 342 g/mol. The van der Waals surface area contributed by atoms with Gasteiger partial charge < -0.3 is 14.1 Å². The third kappa shape index (κ3) is 7.43. The van der Waals surface area contributed by atoms with Crippen LogP contribution in [0.1, 0.15) is 69.2 Å². The van der Waals surface area contributed by atoms with Gasteiger partial charge in [0, 0.05) is 18.0 Å². The Labute approximate surface area is 163 Å². The zero-order chi connectivity index (χ0) is 20.9. The highest BCUT2D eigenvalue weighted by molar-refractivity contribution is 6.74. The molecule has 26 heavy (non-hydrogen) atoms. The minimum atomic E-state index is -1.85. The van der Waals surface area contributed by atoms with Crippen molar-refractivity contribution in [3.05, 3.63) is 12.3 Å². The number of amides is 1. The van der Waals surface area contributed by atoms with E-state index in [1.165, 1.54) is 6.26 Å². The summed E-state index contributed by atoms with van der Waals surface area (Å²) in [6, 6.07) is 0.220. The molecule has 0 saturated heterocycles. The Morgan fingerprint density at radius 2 is 1.42 bits per heavy atom. The standard InChI is InChI=1S/C21H43NO3Si/c1-15(2)19(25-26(11,12)21(8,9)10)18(7)13-14-24-20(23)22(16(3)4)17(5)6/h13-19H,1-12H3/b14-13-/t18-,19+/m1/s1. The summed E-state index contributed by atoms with van der Waals surface area (Å²) in [5.74, 6) is 0.561. The highest BCUT2D eigenvalue weighted by atomic mass is 28.4. The molecule has 0 unspecified atom stereocenters. The molecule has 0 saturated carbocycles. The number of ether oxygens (including phenoxy) is 1. The molecule has 2 atom stereocenters. The van der Waals surface area contributed by atoms with Gasteiger partial charge in [-0.15, -0.1) is 0 Å². The molecule has 0 aliphatic heterocycles. The zero-order valence-electron chi connectivity index (χ0n) is 19.2. The molecule has 0 aromatic carbocycles. The number of nitrogens with zero attached hydrogens (tertiary/aromatic N) is 1. The average Bonchev–Trinajstić information content (AvgIpc) is 2.42. The van der Waals surface area contributed by atoms with Crippen LogP contribution in [0.4, 0.5) is 4.79 Å². The Balaban J connectivity index is 5.05. The van der Waals surface area contributed by atoms with Crippen LogP contribution in [-0.4, -0.2) is 37.5 Å². The second-order valence-corrected chi connectivity index (χ2v) is 14.5. The Morgan fingerprint density at radius 1 is 0.962 bits per heavy atom. The molecule has 0 heterocycles. The second-order valence-electron chi connectivity index (χ2n) is 9.75. The SMILES string of the molecule is CC(C)[C@H](O[Si](C)(C)C(C)(C)C)[C@H](C)/C=C\OC(=O)N(C(C)C)C(C)C. The average molecular weight is 386 g/mol. The molecule has 0 spiro atoms. The van der Waals surface area contributed by atoms with Gasteiger partial charge in [-0.05, 0) is 57.8 Å². The first kappa shape index (κ1) is 25.2. The molecule has 0 rings (SSSR count). The molecule has 0 N–H and O–H groups in total. The number of hydrogen-bond donors (Lipinski definition) is 0. The number of carbonyl (C=O) groups is 1. The molecule has 0 radical (unpaired) electrons. The van der Waals surface area contributed by atoms with E-state index in [1.54, 1.807) is 4.90 Å². The van der Waals surface area contributed by atoms with Gasteiger partial charge in [0.25, 0.3) is 0 Å². The molecule has 5 heteroatoms. The quantitative estimate of drug-likeness (QED) is 0.356. The first-order valence-corrected chi connectivity index (χ1v) is 12.9. The summed E-state index contributed by atoms with van der Waals surface area (Å²) in [5, 5.41) is 0.172. The summed E-state index contributed by atoms with van der Waals surface area (Å²) in [4.78, 5) is 14.0. The maximum Gasteiger partial charge on any atom is 0.415 e. The van der Waals surface area contributed by atoms with Crippen molar-refractivity contribution in [2.75, 3.05) is 0 Å². The Hall–Kier alpha value is -0.813. The van der Waals surface area contributed by atoms with Crippen LogP contribution in [-0.2, 0) is 9.16 Å². The Kier molecular flexibility index (Phi) is 9.62. The van der Waals surface area contributed by atoms with Gasteiger partial charge in [0.2, 0.25) is 0 Å². The van der Waals surface area contributed by atoms with E-state index in [0.717, 1.165) is 0 Å². The number of rotatable bonds is 8. The predicted molar refractivity (Wildman–Crippen MR) is 114 cm³/mol. The fraction of sp³-hybridized carbons (Fsp3) is 0.857. The van der Waals surface area contributed by atoms with Gasteiger partial charge in [0.05, 0.1) is 12.4 Å².